The van der Waals surface area contributed by atoms with E-state index >= 15 is 0 Å². The Morgan fingerprint density at radius 2 is 2.22 bits per heavy atom. The Hall–Kier alpha value is -1.24. The van der Waals surface area contributed by atoms with Gasteiger partial charge in [0.1, 0.15) is 0 Å². The summed E-state index contributed by atoms with van der Waals surface area (Å²) in [5, 5.41) is 0.0904. The third kappa shape index (κ3) is 2.60. The minimum absolute atomic E-state index is 0.0904. The van der Waals surface area contributed by atoms with Gasteiger partial charge in [-0.3, -0.25) is 0 Å². The van der Waals surface area contributed by atoms with E-state index in [4.69, 9.17) is 5.73 Å². The lowest BCUT2D eigenvalue weighted by atomic mass is 10.1. The van der Waals surface area contributed by atoms with E-state index in [-0.39, 0.29) is 5.03 Å². The van der Waals surface area contributed by atoms with E-state index < -0.39 is 10.0 Å². The van der Waals surface area contributed by atoms with Crippen molar-refractivity contribution in [3.8, 4) is 0 Å². The molecule has 0 bridgehead atoms. The van der Waals surface area contributed by atoms with Crippen LogP contribution >= 0.6 is 0 Å². The van der Waals surface area contributed by atoms with Crippen LogP contribution < -0.4 is 5.73 Å². The van der Waals surface area contributed by atoms with Crippen LogP contribution in [0.1, 0.15) is 18.9 Å². The lowest BCUT2D eigenvalue weighted by Gasteiger charge is -2.24. The second-order valence-corrected chi connectivity index (χ2v) is 6.26. The maximum atomic E-state index is 12.3. The highest BCUT2D eigenvalue weighted by Gasteiger charge is 2.26. The van der Waals surface area contributed by atoms with Crippen molar-refractivity contribution in [3.05, 3.63) is 35.5 Å². The Labute approximate surface area is 107 Å². The number of nitrogens with two attached hydrogens (primary N) is 1. The van der Waals surface area contributed by atoms with Crippen LogP contribution in [0.3, 0.4) is 0 Å². The molecule has 0 aliphatic carbocycles. The van der Waals surface area contributed by atoms with Gasteiger partial charge >= 0.3 is 0 Å². The first kappa shape index (κ1) is 13.2. The number of aromatic nitrogens is 1. The van der Waals surface area contributed by atoms with Crippen LogP contribution in [0.15, 0.2) is 35.0 Å². The number of hydrogen-bond acceptors (Lipinski definition) is 4. The fraction of sp³-hybridized carbons (Fsp3) is 0.417. The molecule has 0 saturated heterocycles. The number of sulfonamides is 1. The zero-order valence-electron chi connectivity index (χ0n) is 10.3. The van der Waals surface area contributed by atoms with Gasteiger partial charge in [0.2, 0.25) is 0 Å². The molecule has 0 unspecified atom stereocenters. The van der Waals surface area contributed by atoms with Gasteiger partial charge in [-0.25, -0.2) is 13.4 Å². The Morgan fingerprint density at radius 3 is 2.72 bits per heavy atom. The summed E-state index contributed by atoms with van der Waals surface area (Å²) in [6, 6.07) is 3.22. The molecule has 0 atom stereocenters. The summed E-state index contributed by atoms with van der Waals surface area (Å²) in [6.07, 6.45) is 4.23. The number of rotatable bonds is 3. The monoisotopic (exact) mass is 267 g/mol. The zero-order chi connectivity index (χ0) is 13.2. The average Bonchev–Trinajstić information content (AvgIpc) is 2.39. The van der Waals surface area contributed by atoms with Crippen molar-refractivity contribution in [3.63, 3.8) is 0 Å². The predicted octanol–water partition coefficient (Wildman–Crippen LogP) is 0.881. The maximum absolute atomic E-state index is 12.3. The molecule has 1 aliphatic rings. The summed E-state index contributed by atoms with van der Waals surface area (Å²) >= 11 is 0. The first-order valence-corrected chi connectivity index (χ1v) is 7.29. The molecule has 1 aromatic heterocycles. The molecule has 0 spiro atoms. The average molecular weight is 267 g/mol. The molecule has 1 aliphatic heterocycles. The zero-order valence-corrected chi connectivity index (χ0v) is 11.2. The summed E-state index contributed by atoms with van der Waals surface area (Å²) in [6.45, 7) is 3.32. The summed E-state index contributed by atoms with van der Waals surface area (Å²) in [4.78, 5) is 3.99. The summed E-state index contributed by atoms with van der Waals surface area (Å²) in [7, 11) is -3.47. The normalized spacial score (nSPS) is 17.6. The second kappa shape index (κ2) is 5.17. The summed E-state index contributed by atoms with van der Waals surface area (Å²) < 4.78 is 26.0. The van der Waals surface area contributed by atoms with Crippen LogP contribution in [0.4, 0.5) is 0 Å². The molecule has 2 rings (SSSR count). The first-order chi connectivity index (χ1) is 8.54. The molecule has 0 amide bonds. The van der Waals surface area contributed by atoms with Gasteiger partial charge in [0.25, 0.3) is 10.0 Å². The molecule has 1 aromatic rings. The predicted molar refractivity (Wildman–Crippen MR) is 69.3 cm³/mol. The molecule has 18 heavy (non-hydrogen) atoms. The van der Waals surface area contributed by atoms with E-state index in [1.165, 1.54) is 22.1 Å². The Bertz CT molecular complexity index is 549. The topological polar surface area (TPSA) is 76.3 Å². The SMILES string of the molecule is CC1=CCN(S(=O)(=O)c2ccc(CN)cn2)CC1. The summed E-state index contributed by atoms with van der Waals surface area (Å²) in [5.41, 5.74) is 7.51. The summed E-state index contributed by atoms with van der Waals surface area (Å²) in [5.74, 6) is 0. The van der Waals surface area contributed by atoms with Gasteiger partial charge in [0, 0.05) is 25.8 Å². The lowest BCUT2D eigenvalue weighted by molar-refractivity contribution is 0.429. The second-order valence-electron chi connectivity index (χ2n) is 4.37. The van der Waals surface area contributed by atoms with Gasteiger partial charge in [-0.15, -0.1) is 0 Å². The minimum atomic E-state index is -3.47. The van der Waals surface area contributed by atoms with E-state index in [0.717, 1.165) is 12.0 Å². The quantitative estimate of drug-likeness (QED) is 0.825. The van der Waals surface area contributed by atoms with Crippen LogP contribution in [0.2, 0.25) is 0 Å². The van der Waals surface area contributed by atoms with Crippen molar-refractivity contribution in [2.75, 3.05) is 13.1 Å². The largest absolute Gasteiger partial charge is 0.326 e. The molecule has 2 heterocycles. The molecule has 0 aromatic carbocycles. The van der Waals surface area contributed by atoms with Gasteiger partial charge < -0.3 is 5.73 Å². The lowest BCUT2D eigenvalue weighted by Crippen LogP contribution is -2.35. The van der Waals surface area contributed by atoms with Crippen molar-refractivity contribution < 1.29 is 8.42 Å². The van der Waals surface area contributed by atoms with Crippen molar-refractivity contribution in [2.45, 2.75) is 24.9 Å². The van der Waals surface area contributed by atoms with Crippen LogP contribution in [0.5, 0.6) is 0 Å². The molecular weight excluding hydrogens is 250 g/mol. The maximum Gasteiger partial charge on any atom is 0.260 e. The highest BCUT2D eigenvalue weighted by atomic mass is 32.2. The standard InChI is InChI=1S/C12H17N3O2S/c1-10-4-6-15(7-5-10)18(16,17)12-3-2-11(8-13)9-14-12/h2-4,9H,5-8,13H2,1H3. The van der Waals surface area contributed by atoms with Gasteiger partial charge in [-0.05, 0) is 25.0 Å². The van der Waals surface area contributed by atoms with Crippen LogP contribution in [0.25, 0.3) is 0 Å². The van der Waals surface area contributed by atoms with E-state index in [1.54, 1.807) is 6.07 Å². The van der Waals surface area contributed by atoms with E-state index in [2.05, 4.69) is 4.98 Å². The fourth-order valence-corrected chi connectivity index (χ4v) is 3.08. The van der Waals surface area contributed by atoms with Crippen LogP contribution in [0, 0.1) is 0 Å². The number of pyridine rings is 1. The van der Waals surface area contributed by atoms with Gasteiger partial charge in [0.15, 0.2) is 5.03 Å². The van der Waals surface area contributed by atoms with Crippen LogP contribution in [-0.4, -0.2) is 30.8 Å². The molecule has 0 fully saturated rings. The highest BCUT2D eigenvalue weighted by Crippen LogP contribution is 2.18. The van der Waals surface area contributed by atoms with E-state index in [1.807, 2.05) is 13.0 Å². The third-order valence-electron chi connectivity index (χ3n) is 3.04. The van der Waals surface area contributed by atoms with Gasteiger partial charge in [0.05, 0.1) is 0 Å². The Kier molecular flexibility index (Phi) is 3.79. The minimum Gasteiger partial charge on any atom is -0.326 e. The smallest absolute Gasteiger partial charge is 0.260 e. The fourth-order valence-electron chi connectivity index (χ4n) is 1.79. The van der Waals surface area contributed by atoms with Crippen molar-refractivity contribution in [2.24, 2.45) is 5.73 Å². The molecule has 0 radical (unpaired) electrons. The molecule has 98 valence electrons. The van der Waals surface area contributed by atoms with Crippen molar-refractivity contribution in [1.82, 2.24) is 9.29 Å². The van der Waals surface area contributed by atoms with E-state index in [9.17, 15) is 8.42 Å². The first-order valence-electron chi connectivity index (χ1n) is 5.85. The third-order valence-corrected chi connectivity index (χ3v) is 4.82. The molecule has 2 N–H and O–H groups in total. The van der Waals surface area contributed by atoms with Crippen LogP contribution in [-0.2, 0) is 16.6 Å². The highest BCUT2D eigenvalue weighted by molar-refractivity contribution is 7.89. The molecule has 5 nitrogen and oxygen atoms in total. The number of hydrogen-bond donors (Lipinski definition) is 1. The Morgan fingerprint density at radius 1 is 1.44 bits per heavy atom. The Balaban J connectivity index is 2.25. The van der Waals surface area contributed by atoms with Crippen molar-refractivity contribution in [1.29, 1.82) is 0 Å². The molecule has 0 saturated carbocycles. The van der Waals surface area contributed by atoms with Crippen molar-refractivity contribution >= 4 is 10.0 Å². The van der Waals surface area contributed by atoms with Gasteiger partial charge in [-0.1, -0.05) is 17.7 Å². The number of nitrogens with zero attached hydrogens (tertiary/aromatic N) is 2. The van der Waals surface area contributed by atoms with E-state index in [0.29, 0.717) is 19.6 Å². The molecular formula is C12H17N3O2S. The molecule has 6 heteroatoms. The van der Waals surface area contributed by atoms with Gasteiger partial charge in [-0.2, -0.15) is 4.31 Å².